The van der Waals surface area contributed by atoms with Crippen LogP contribution in [-0.2, 0) is 40.2 Å². The van der Waals surface area contributed by atoms with Crippen LogP contribution in [0, 0.1) is 77.5 Å². The number of aryl methyl sites for hydroxylation is 6. The van der Waals surface area contributed by atoms with Crippen molar-refractivity contribution in [2.24, 2.45) is 11.8 Å². The summed E-state index contributed by atoms with van der Waals surface area (Å²) in [6.07, 6.45) is 12.0. The van der Waals surface area contributed by atoms with E-state index in [1.807, 2.05) is 98.3 Å². The molecule has 6 heteroatoms. The molecule has 2 radical (unpaired) electrons. The summed E-state index contributed by atoms with van der Waals surface area (Å²) in [7, 11) is 0. The number of aromatic nitrogens is 4. The van der Waals surface area contributed by atoms with Gasteiger partial charge in [0.15, 0.2) is 0 Å². The van der Waals surface area contributed by atoms with E-state index in [2.05, 4.69) is 137 Å². The van der Waals surface area contributed by atoms with Crippen molar-refractivity contribution >= 4 is 0 Å². The molecular weight excluding hydrogens is 1270 g/mol. The molecule has 0 N–H and O–H groups in total. The molecule has 2 aliphatic carbocycles. The fourth-order valence-electron chi connectivity index (χ4n) is 9.29. The van der Waals surface area contributed by atoms with Gasteiger partial charge in [0.05, 0.1) is 0 Å². The van der Waals surface area contributed by atoms with Gasteiger partial charge in [-0.1, -0.05) is 111 Å². The molecule has 2 aliphatic rings. The molecule has 10 aromatic rings. The molecule has 6 aromatic carbocycles. The van der Waals surface area contributed by atoms with Crippen LogP contribution < -0.4 is 0 Å². The van der Waals surface area contributed by atoms with Crippen LogP contribution in [0.5, 0.6) is 0 Å². The van der Waals surface area contributed by atoms with Gasteiger partial charge < -0.3 is 19.9 Å². The van der Waals surface area contributed by atoms with Crippen molar-refractivity contribution in [1.29, 1.82) is 0 Å². The quantitative estimate of drug-likeness (QED) is 0.149. The summed E-state index contributed by atoms with van der Waals surface area (Å²) in [6, 6.07) is 70.3. The van der Waals surface area contributed by atoms with E-state index in [0.717, 1.165) is 39.3 Å². The van der Waals surface area contributed by atoms with Crippen molar-refractivity contribution < 1.29 is 49.8 Å². The van der Waals surface area contributed by atoms with E-state index in [0.29, 0.717) is 28.7 Å². The molecule has 0 aliphatic heterocycles. The Morgan fingerprint density at radius 1 is 0.453 bits per heavy atom. The summed E-state index contributed by atoms with van der Waals surface area (Å²) < 4.78 is 53.2. The van der Waals surface area contributed by atoms with E-state index in [4.69, 9.17) is 9.60 Å². The molecule has 2 atom stereocenters. The molecule has 12 rings (SSSR count). The van der Waals surface area contributed by atoms with E-state index >= 15 is 0 Å². The minimum atomic E-state index is -2.19. The third-order valence-corrected chi connectivity index (χ3v) is 13.4. The van der Waals surface area contributed by atoms with Gasteiger partial charge in [0.2, 0.25) is 0 Å². The standard InChI is InChI=1S/C24H22N.C18H14N.C14H14N.C13H12N.2Ir/c1-2-5-18(6-3-1)23-16-20(13-14-25-23)17-9-11-19(12-10-17)24-21-7-4-8-22(24)15-21;1-14-13-19-18(16-10-6-3-7-11-16)12-17(14)15-8-4-2-5-9-15;1-10-4-6-13(7-5-10)14-8-11(2)12(3)9-15-14;1-10-3-6-12(7-4-10)13-8-5-11(2)9-14-13;;/h1-3,5,9-14,16,21-22,24H,4,7-8,15H2;2-10,12-13H,1H3;4-6,8-9H,1-3H3;3-6,8-9H,1-2H3;;/q4*-1;;/i24D;;1D3,3D3;;;. The molecule has 4 nitrogen and oxygen atoms in total. The van der Waals surface area contributed by atoms with Crippen LogP contribution in [-0.4, -0.2) is 19.9 Å². The van der Waals surface area contributed by atoms with Gasteiger partial charge in [-0.2, -0.15) is 0 Å². The SMILES string of the molecule is Cc1c[c-]c(-c2ccc(C)cn2)cc1.Cc1cnc(-c2[c-]cccc2)cc1-c1ccccc1.[2H]C([2H])([2H])c1c[c-]c(-c2cc(C)c(C([2H])([2H])[2H])cn2)cc1.[2H]C1(c2ccc(-c3ccnc(-c4[c-]cccc4)c3)cc2)C2CCCC1C2.[Ir].[Ir]. The molecule has 0 amide bonds. The van der Waals surface area contributed by atoms with Crippen molar-refractivity contribution in [2.75, 3.05) is 0 Å². The van der Waals surface area contributed by atoms with E-state index in [1.54, 1.807) is 19.1 Å². The average molecular weight is 1340 g/mol. The monoisotopic (exact) mass is 1340 g/mol. The maximum absolute atomic E-state index is 9.02. The summed E-state index contributed by atoms with van der Waals surface area (Å²) in [4.78, 5) is 17.5. The van der Waals surface area contributed by atoms with Gasteiger partial charge in [0, 0.05) is 74.6 Å². The number of fused-ring (bicyclic) bond motifs is 2. The molecule has 75 heavy (non-hydrogen) atoms. The number of pyridine rings is 4. The van der Waals surface area contributed by atoms with Gasteiger partial charge in [-0.25, -0.2) is 0 Å². The van der Waals surface area contributed by atoms with Gasteiger partial charge in [-0.15, -0.1) is 143 Å². The topological polar surface area (TPSA) is 51.6 Å². The van der Waals surface area contributed by atoms with Gasteiger partial charge in [0.1, 0.15) is 0 Å². The molecule has 2 fully saturated rings. The van der Waals surface area contributed by atoms with Gasteiger partial charge in [-0.05, 0) is 138 Å². The Labute approximate surface area is 482 Å². The largest absolute Gasteiger partial charge is 0.305 e. The number of hydrogen-bond donors (Lipinski definition) is 0. The second-order valence-electron chi connectivity index (χ2n) is 18.7. The van der Waals surface area contributed by atoms with E-state index in [9.17, 15) is 0 Å². The van der Waals surface area contributed by atoms with Crippen LogP contribution in [0.1, 0.15) is 80.1 Å². The van der Waals surface area contributed by atoms with Crippen molar-refractivity contribution in [3.63, 3.8) is 0 Å². The smallest absolute Gasteiger partial charge is 0.0358 e. The zero-order chi connectivity index (χ0) is 56.4. The van der Waals surface area contributed by atoms with Gasteiger partial charge >= 0.3 is 0 Å². The Kier molecular flexibility index (Phi) is 16.9. The Bertz CT molecular complexity index is 3560. The summed E-state index contributed by atoms with van der Waals surface area (Å²) in [6.45, 7) is 3.55. The minimum Gasteiger partial charge on any atom is -0.305 e. The first-order valence-electron chi connectivity index (χ1n) is 28.4. The summed E-state index contributed by atoms with van der Waals surface area (Å²) >= 11 is 0. The number of nitrogens with zero attached hydrogens (tertiary/aromatic N) is 4. The maximum atomic E-state index is 9.02. The Morgan fingerprint density at radius 2 is 1.04 bits per heavy atom. The number of benzene rings is 6. The Hall–Kier alpha value is -6.78. The molecule has 2 unspecified atom stereocenters. The Balaban J connectivity index is 0.000000160. The fourth-order valence-corrected chi connectivity index (χ4v) is 9.29. The van der Waals surface area contributed by atoms with E-state index in [1.165, 1.54) is 83.0 Å². The van der Waals surface area contributed by atoms with Gasteiger partial charge in [0.25, 0.3) is 0 Å². The summed E-state index contributed by atoms with van der Waals surface area (Å²) in [5.41, 5.74) is 17.8. The normalized spacial score (nSPS) is 17.5. The molecular formula is C69H62Ir2N4-4. The van der Waals surface area contributed by atoms with Crippen molar-refractivity contribution in [1.82, 2.24) is 19.9 Å². The van der Waals surface area contributed by atoms with Crippen molar-refractivity contribution in [3.05, 3.63) is 264 Å². The molecule has 2 bridgehead atoms. The van der Waals surface area contributed by atoms with Crippen LogP contribution in [0.3, 0.4) is 0 Å². The predicted molar refractivity (Wildman–Crippen MR) is 302 cm³/mol. The third-order valence-electron chi connectivity index (χ3n) is 13.4. The van der Waals surface area contributed by atoms with Crippen LogP contribution in [0.4, 0.5) is 0 Å². The van der Waals surface area contributed by atoms with E-state index < -0.39 is 13.7 Å². The molecule has 4 aromatic heterocycles. The summed E-state index contributed by atoms with van der Waals surface area (Å²) in [5.74, 6) is 0.792. The van der Waals surface area contributed by atoms with Crippen LogP contribution in [0.15, 0.2) is 201 Å². The first kappa shape index (κ1) is 46.7. The van der Waals surface area contributed by atoms with Crippen molar-refractivity contribution in [3.8, 4) is 67.3 Å². The first-order chi connectivity index (χ1) is 38.4. The first-order valence-corrected chi connectivity index (χ1v) is 24.9. The zero-order valence-electron chi connectivity index (χ0n) is 49.5. The molecule has 0 spiro atoms. The number of rotatable bonds is 7. The Morgan fingerprint density at radius 3 is 1.61 bits per heavy atom. The van der Waals surface area contributed by atoms with Gasteiger partial charge in [-0.3, -0.25) is 0 Å². The fraction of sp³-hybridized carbons (Fsp3) is 0.188. The molecule has 0 saturated heterocycles. The average Bonchev–Trinajstić information content (AvgIpc) is 3.62. The molecule has 2 saturated carbocycles. The van der Waals surface area contributed by atoms with Crippen LogP contribution >= 0.6 is 0 Å². The minimum absolute atomic E-state index is 0. The molecule has 380 valence electrons. The second kappa shape index (κ2) is 27.1. The zero-order valence-corrected chi connectivity index (χ0v) is 47.3. The second-order valence-corrected chi connectivity index (χ2v) is 18.7. The third kappa shape index (κ3) is 14.8. The number of hydrogen-bond acceptors (Lipinski definition) is 4. The molecule has 4 heterocycles. The maximum Gasteiger partial charge on any atom is 0.0358 e. The summed E-state index contributed by atoms with van der Waals surface area (Å²) in [5, 5.41) is 0. The van der Waals surface area contributed by atoms with Crippen LogP contribution in [0.25, 0.3) is 67.3 Å². The predicted octanol–water partition coefficient (Wildman–Crippen LogP) is 17.3. The van der Waals surface area contributed by atoms with Crippen LogP contribution in [0.2, 0.25) is 0 Å². The van der Waals surface area contributed by atoms with Crippen molar-refractivity contribution in [2.45, 2.75) is 73.0 Å². The van der Waals surface area contributed by atoms with E-state index in [-0.39, 0.29) is 57.2 Å².